The van der Waals surface area contributed by atoms with Crippen LogP contribution in [0, 0.1) is 0 Å². The highest BCUT2D eigenvalue weighted by Gasteiger charge is 2.06. The Kier molecular flexibility index (Phi) is 5.50. The van der Waals surface area contributed by atoms with Crippen LogP contribution in [0.2, 0.25) is 0 Å². The molecule has 0 aliphatic carbocycles. The molecule has 0 bridgehead atoms. The molecule has 13 heavy (non-hydrogen) atoms. The first kappa shape index (κ1) is 10.5. The molecule has 0 saturated carbocycles. The molecule has 1 unspecified atom stereocenters. The van der Waals surface area contributed by atoms with Crippen molar-refractivity contribution in [2.75, 3.05) is 6.54 Å². The van der Waals surface area contributed by atoms with Crippen molar-refractivity contribution in [1.82, 2.24) is 5.32 Å². The Morgan fingerprint density at radius 2 is 2.31 bits per heavy atom. The summed E-state index contributed by atoms with van der Waals surface area (Å²) in [6.45, 7) is 3.16. The summed E-state index contributed by atoms with van der Waals surface area (Å²) in [5, 5.41) is 3.31. The summed E-state index contributed by atoms with van der Waals surface area (Å²) < 4.78 is 0. The topological polar surface area (TPSA) is 24.4 Å². The molecule has 0 aromatic carbocycles. The minimum Gasteiger partial charge on any atom is -0.291 e. The van der Waals surface area contributed by atoms with Crippen molar-refractivity contribution in [3.05, 3.63) is 12.2 Å². The molecule has 1 N–H and O–H groups in total. The first-order valence-electron chi connectivity index (χ1n) is 5.33. The van der Waals surface area contributed by atoms with Crippen molar-refractivity contribution < 1.29 is 0 Å². The predicted molar refractivity (Wildman–Crippen MR) is 58.2 cm³/mol. The van der Waals surface area contributed by atoms with Gasteiger partial charge in [0.15, 0.2) is 0 Å². The zero-order chi connectivity index (χ0) is 9.36. The van der Waals surface area contributed by atoms with Gasteiger partial charge in [-0.05, 0) is 25.7 Å². The van der Waals surface area contributed by atoms with Crippen molar-refractivity contribution >= 4 is 6.21 Å². The quantitative estimate of drug-likeness (QED) is 0.493. The Balaban J connectivity index is 1.91. The highest BCUT2D eigenvalue weighted by atomic mass is 15.1. The number of hydrogen-bond acceptors (Lipinski definition) is 2. The molecule has 1 atom stereocenters. The van der Waals surface area contributed by atoms with Gasteiger partial charge in [0, 0.05) is 12.8 Å². The standard InChI is InChI=1S/C11H20N2/c1-2-3-4-5-6-7-8-11-12-9-10-13-11/h4-5,9,11,13H,2-3,6-8,10H2,1H3/b5-4+. The number of nitrogens with one attached hydrogen (secondary N) is 1. The number of rotatable bonds is 6. The number of aliphatic imine (C=N–C) groups is 1. The van der Waals surface area contributed by atoms with E-state index in [0.717, 1.165) is 6.54 Å². The van der Waals surface area contributed by atoms with Gasteiger partial charge in [-0.3, -0.25) is 10.3 Å². The first-order chi connectivity index (χ1) is 6.43. The minimum atomic E-state index is 0.402. The third-order valence-electron chi connectivity index (χ3n) is 2.20. The number of allylic oxidation sites excluding steroid dienone is 2. The lowest BCUT2D eigenvalue weighted by Gasteiger charge is -2.05. The zero-order valence-electron chi connectivity index (χ0n) is 8.50. The molecule has 2 nitrogen and oxygen atoms in total. The van der Waals surface area contributed by atoms with E-state index in [4.69, 9.17) is 0 Å². The molecule has 0 aromatic rings. The van der Waals surface area contributed by atoms with Crippen LogP contribution in [0.4, 0.5) is 0 Å². The molecular weight excluding hydrogens is 160 g/mol. The maximum absolute atomic E-state index is 4.31. The normalized spacial score (nSPS) is 21.8. The second-order valence-corrected chi connectivity index (χ2v) is 3.45. The molecule has 0 saturated heterocycles. The molecule has 1 heterocycles. The van der Waals surface area contributed by atoms with E-state index in [9.17, 15) is 0 Å². The number of nitrogens with zero attached hydrogens (tertiary/aromatic N) is 1. The molecule has 0 radical (unpaired) electrons. The van der Waals surface area contributed by atoms with Crippen LogP contribution in [0.5, 0.6) is 0 Å². The maximum atomic E-state index is 4.31. The van der Waals surface area contributed by atoms with E-state index in [1.807, 2.05) is 6.21 Å². The monoisotopic (exact) mass is 180 g/mol. The lowest BCUT2D eigenvalue weighted by molar-refractivity contribution is 0.539. The Hall–Kier alpha value is -0.630. The van der Waals surface area contributed by atoms with Crippen LogP contribution in [0.1, 0.15) is 39.0 Å². The van der Waals surface area contributed by atoms with Gasteiger partial charge < -0.3 is 0 Å². The van der Waals surface area contributed by atoms with Gasteiger partial charge in [0.1, 0.15) is 0 Å². The molecule has 1 aliphatic rings. The van der Waals surface area contributed by atoms with Gasteiger partial charge in [0.2, 0.25) is 0 Å². The molecule has 0 fully saturated rings. The predicted octanol–water partition coefficient (Wildman–Crippen LogP) is 2.51. The molecule has 1 aliphatic heterocycles. The summed E-state index contributed by atoms with van der Waals surface area (Å²) in [6, 6.07) is 0. The number of unbranched alkanes of at least 4 members (excludes halogenated alkanes) is 2. The second-order valence-electron chi connectivity index (χ2n) is 3.45. The third kappa shape index (κ3) is 4.83. The van der Waals surface area contributed by atoms with Crippen molar-refractivity contribution in [2.24, 2.45) is 4.99 Å². The van der Waals surface area contributed by atoms with Gasteiger partial charge in [-0.25, -0.2) is 0 Å². The highest BCUT2D eigenvalue weighted by Crippen LogP contribution is 2.05. The molecule has 2 heteroatoms. The minimum absolute atomic E-state index is 0.402. The molecule has 0 spiro atoms. The Morgan fingerprint density at radius 1 is 1.46 bits per heavy atom. The van der Waals surface area contributed by atoms with Crippen LogP contribution in [0.25, 0.3) is 0 Å². The van der Waals surface area contributed by atoms with E-state index in [-0.39, 0.29) is 0 Å². The van der Waals surface area contributed by atoms with Gasteiger partial charge in [-0.15, -0.1) is 0 Å². The van der Waals surface area contributed by atoms with Crippen LogP contribution in [0.3, 0.4) is 0 Å². The van der Waals surface area contributed by atoms with E-state index < -0.39 is 0 Å². The van der Waals surface area contributed by atoms with Gasteiger partial charge in [-0.1, -0.05) is 25.5 Å². The van der Waals surface area contributed by atoms with E-state index in [1.165, 1.54) is 32.1 Å². The smallest absolute Gasteiger partial charge is 0.0993 e. The van der Waals surface area contributed by atoms with Gasteiger partial charge in [0.25, 0.3) is 0 Å². The maximum Gasteiger partial charge on any atom is 0.0993 e. The lowest BCUT2D eigenvalue weighted by atomic mass is 10.2. The van der Waals surface area contributed by atoms with E-state index >= 15 is 0 Å². The summed E-state index contributed by atoms with van der Waals surface area (Å²) in [4.78, 5) is 4.31. The SMILES string of the molecule is CCC/C=C/CCCC1N=CCN1. The molecule has 0 amide bonds. The lowest BCUT2D eigenvalue weighted by Crippen LogP contribution is -2.21. The van der Waals surface area contributed by atoms with Crippen molar-refractivity contribution in [3.63, 3.8) is 0 Å². The highest BCUT2D eigenvalue weighted by molar-refractivity contribution is 5.61. The summed E-state index contributed by atoms with van der Waals surface area (Å²) >= 11 is 0. The fraction of sp³-hybridized carbons (Fsp3) is 0.727. The molecule has 1 rings (SSSR count). The Bertz CT molecular complexity index is 173. The molecule has 0 aromatic heterocycles. The van der Waals surface area contributed by atoms with Crippen LogP contribution >= 0.6 is 0 Å². The van der Waals surface area contributed by atoms with Crippen molar-refractivity contribution in [2.45, 2.75) is 45.2 Å². The summed E-state index contributed by atoms with van der Waals surface area (Å²) in [7, 11) is 0. The second kappa shape index (κ2) is 6.84. The molecular formula is C11H20N2. The van der Waals surface area contributed by atoms with Crippen LogP contribution < -0.4 is 5.32 Å². The van der Waals surface area contributed by atoms with Gasteiger partial charge in [-0.2, -0.15) is 0 Å². The van der Waals surface area contributed by atoms with E-state index in [1.54, 1.807) is 0 Å². The van der Waals surface area contributed by atoms with Gasteiger partial charge in [0.05, 0.1) is 6.17 Å². The van der Waals surface area contributed by atoms with Gasteiger partial charge >= 0.3 is 0 Å². The van der Waals surface area contributed by atoms with Crippen molar-refractivity contribution in [1.29, 1.82) is 0 Å². The Labute approximate surface area is 81.1 Å². The van der Waals surface area contributed by atoms with Crippen LogP contribution in [0.15, 0.2) is 17.1 Å². The van der Waals surface area contributed by atoms with E-state index in [0.29, 0.717) is 6.17 Å². The van der Waals surface area contributed by atoms with E-state index in [2.05, 4.69) is 29.4 Å². The largest absolute Gasteiger partial charge is 0.291 e. The average molecular weight is 180 g/mol. The number of hydrogen-bond donors (Lipinski definition) is 1. The third-order valence-corrected chi connectivity index (χ3v) is 2.20. The summed E-state index contributed by atoms with van der Waals surface area (Å²) in [5.41, 5.74) is 0. The molecule has 74 valence electrons. The fourth-order valence-electron chi connectivity index (χ4n) is 1.43. The summed E-state index contributed by atoms with van der Waals surface area (Å²) in [6.07, 6.45) is 13.0. The zero-order valence-corrected chi connectivity index (χ0v) is 8.50. The average Bonchev–Trinajstić information content (AvgIpc) is 2.63. The van der Waals surface area contributed by atoms with Crippen LogP contribution in [-0.4, -0.2) is 18.9 Å². The fourth-order valence-corrected chi connectivity index (χ4v) is 1.43. The van der Waals surface area contributed by atoms with Crippen LogP contribution in [-0.2, 0) is 0 Å². The first-order valence-corrected chi connectivity index (χ1v) is 5.33. The van der Waals surface area contributed by atoms with Crippen molar-refractivity contribution in [3.8, 4) is 0 Å². The summed E-state index contributed by atoms with van der Waals surface area (Å²) in [5.74, 6) is 0. The Morgan fingerprint density at radius 3 is 3.00 bits per heavy atom.